The van der Waals surface area contributed by atoms with Gasteiger partial charge in [-0.3, -0.25) is 0 Å². The van der Waals surface area contributed by atoms with Crippen molar-refractivity contribution in [2.75, 3.05) is 0 Å². The molecule has 0 saturated heterocycles. The molecule has 1 aromatic heterocycles. The van der Waals surface area contributed by atoms with Gasteiger partial charge in [-0.1, -0.05) is 70.0 Å². The third kappa shape index (κ3) is 2.90. The van der Waals surface area contributed by atoms with Crippen molar-refractivity contribution in [2.45, 2.75) is 19.8 Å². The highest BCUT2D eigenvalue weighted by Crippen LogP contribution is 2.42. The largest absolute Gasteiger partial charge is 0.232 e. The van der Waals surface area contributed by atoms with Crippen LogP contribution in [0, 0.1) is 6.92 Å². The van der Waals surface area contributed by atoms with Crippen molar-refractivity contribution in [2.24, 2.45) is 0 Å². The van der Waals surface area contributed by atoms with E-state index in [4.69, 9.17) is 16.7 Å². The number of fused-ring (bicyclic) bond motifs is 3. The molecule has 3 aromatic carbocycles. The summed E-state index contributed by atoms with van der Waals surface area (Å²) in [5.74, 6) is 0. The smallest absolute Gasteiger partial charge is 0.0822 e. The molecule has 0 atom stereocenters. The van der Waals surface area contributed by atoms with Crippen LogP contribution in [-0.2, 0) is 12.8 Å². The van der Waals surface area contributed by atoms with Crippen molar-refractivity contribution in [3.63, 3.8) is 0 Å². The van der Waals surface area contributed by atoms with Gasteiger partial charge in [-0.15, -0.1) is 0 Å². The predicted molar refractivity (Wildman–Crippen MR) is 119 cm³/mol. The molecule has 0 aliphatic heterocycles. The van der Waals surface area contributed by atoms with Gasteiger partial charge in [-0.25, -0.2) is 4.68 Å². The van der Waals surface area contributed by atoms with Crippen LogP contribution in [-0.4, -0.2) is 9.78 Å². The predicted octanol–water partition coefficient (Wildman–Crippen LogP) is 7.03. The molecule has 0 unspecified atom stereocenters. The van der Waals surface area contributed by atoms with Gasteiger partial charge in [0, 0.05) is 20.6 Å². The maximum atomic E-state index is 6.45. The fourth-order valence-electron chi connectivity index (χ4n) is 3.96. The first kappa shape index (κ1) is 17.7. The molecule has 0 bridgehead atoms. The first-order valence-electron chi connectivity index (χ1n) is 9.34. The van der Waals surface area contributed by atoms with Crippen LogP contribution in [0.5, 0.6) is 0 Å². The van der Waals surface area contributed by atoms with E-state index in [1.54, 1.807) is 0 Å². The summed E-state index contributed by atoms with van der Waals surface area (Å²) < 4.78 is 3.11. The highest BCUT2D eigenvalue weighted by Gasteiger charge is 2.26. The van der Waals surface area contributed by atoms with E-state index in [2.05, 4.69) is 75.2 Å². The molecule has 1 aliphatic rings. The summed E-state index contributed by atoms with van der Waals surface area (Å²) in [6.07, 6.45) is 1.96. The number of hydrogen-bond donors (Lipinski definition) is 0. The standard InChI is InChI=1S/C24H18BrClN2/c1-15-9-11-19(14-21(15)26)28-24(17-6-4-7-18(25)13-17)23-20-8-3-2-5-16(20)10-12-22(23)27-28/h2-9,11,13-14H,10,12H2,1H3. The molecule has 0 radical (unpaired) electrons. The molecule has 0 amide bonds. The number of rotatable bonds is 2. The average Bonchev–Trinajstić information content (AvgIpc) is 3.10. The fraction of sp³-hybridized carbons (Fsp3) is 0.125. The summed E-state index contributed by atoms with van der Waals surface area (Å²) in [4.78, 5) is 0. The minimum absolute atomic E-state index is 0.756. The van der Waals surface area contributed by atoms with Gasteiger partial charge in [0.25, 0.3) is 0 Å². The molecule has 1 aliphatic carbocycles. The fourth-order valence-corrected chi connectivity index (χ4v) is 4.53. The van der Waals surface area contributed by atoms with Gasteiger partial charge in [-0.2, -0.15) is 5.10 Å². The minimum Gasteiger partial charge on any atom is -0.232 e. The zero-order chi connectivity index (χ0) is 19.3. The molecule has 0 saturated carbocycles. The third-order valence-corrected chi connectivity index (χ3v) is 6.27. The molecular weight excluding hydrogens is 432 g/mol. The Hall–Kier alpha value is -2.36. The van der Waals surface area contributed by atoms with Crippen LogP contribution < -0.4 is 0 Å². The molecule has 4 heteroatoms. The zero-order valence-corrected chi connectivity index (χ0v) is 17.8. The van der Waals surface area contributed by atoms with Crippen LogP contribution in [0.1, 0.15) is 16.8 Å². The van der Waals surface area contributed by atoms with E-state index in [0.717, 1.165) is 50.5 Å². The minimum atomic E-state index is 0.756. The summed E-state index contributed by atoms with van der Waals surface area (Å²) >= 11 is 10.1. The van der Waals surface area contributed by atoms with Crippen LogP contribution in [0.15, 0.2) is 71.2 Å². The van der Waals surface area contributed by atoms with Crippen molar-refractivity contribution < 1.29 is 0 Å². The van der Waals surface area contributed by atoms with Crippen LogP contribution in [0.2, 0.25) is 5.02 Å². The average molecular weight is 450 g/mol. The summed E-state index contributed by atoms with van der Waals surface area (Å²) in [5, 5.41) is 5.80. The van der Waals surface area contributed by atoms with Crippen molar-refractivity contribution in [1.29, 1.82) is 0 Å². The Kier molecular flexibility index (Phi) is 4.37. The van der Waals surface area contributed by atoms with Crippen molar-refractivity contribution in [3.8, 4) is 28.1 Å². The Morgan fingerprint density at radius 3 is 2.64 bits per heavy atom. The summed E-state index contributed by atoms with van der Waals surface area (Å²) in [5.41, 5.74) is 9.34. The second-order valence-electron chi connectivity index (χ2n) is 7.18. The van der Waals surface area contributed by atoms with Gasteiger partial charge in [0.15, 0.2) is 0 Å². The number of halogens is 2. The SMILES string of the molecule is Cc1ccc(-n2nc3c(c2-c2cccc(Br)c2)-c2ccccc2CC3)cc1Cl. The topological polar surface area (TPSA) is 17.8 Å². The second kappa shape index (κ2) is 6.91. The van der Waals surface area contributed by atoms with Gasteiger partial charge in [0.1, 0.15) is 0 Å². The van der Waals surface area contributed by atoms with E-state index in [1.807, 2.05) is 19.1 Å². The Bertz CT molecular complexity index is 1210. The second-order valence-corrected chi connectivity index (χ2v) is 8.51. The summed E-state index contributed by atoms with van der Waals surface area (Å²) in [6.45, 7) is 2.02. The molecule has 1 heterocycles. The van der Waals surface area contributed by atoms with E-state index in [0.29, 0.717) is 0 Å². The first-order chi connectivity index (χ1) is 13.6. The molecule has 138 valence electrons. The molecule has 28 heavy (non-hydrogen) atoms. The maximum Gasteiger partial charge on any atom is 0.0822 e. The summed E-state index contributed by atoms with van der Waals surface area (Å²) in [6, 6.07) is 23.2. The van der Waals surface area contributed by atoms with Crippen LogP contribution in [0.4, 0.5) is 0 Å². The Morgan fingerprint density at radius 1 is 0.964 bits per heavy atom. The molecular formula is C24H18BrClN2. The molecule has 2 nitrogen and oxygen atoms in total. The number of benzene rings is 3. The molecule has 0 spiro atoms. The van der Waals surface area contributed by atoms with Crippen LogP contribution in [0.3, 0.4) is 0 Å². The van der Waals surface area contributed by atoms with Gasteiger partial charge >= 0.3 is 0 Å². The van der Waals surface area contributed by atoms with E-state index in [9.17, 15) is 0 Å². The highest BCUT2D eigenvalue weighted by molar-refractivity contribution is 9.10. The van der Waals surface area contributed by atoms with Crippen molar-refractivity contribution >= 4 is 27.5 Å². The van der Waals surface area contributed by atoms with Crippen molar-refractivity contribution in [3.05, 3.63) is 93.0 Å². The molecule has 0 fully saturated rings. The van der Waals surface area contributed by atoms with E-state index in [-0.39, 0.29) is 0 Å². The molecule has 0 N–H and O–H groups in total. The normalized spacial score (nSPS) is 12.5. The monoisotopic (exact) mass is 448 g/mol. The van der Waals surface area contributed by atoms with E-state index >= 15 is 0 Å². The van der Waals surface area contributed by atoms with Gasteiger partial charge in [0.2, 0.25) is 0 Å². The van der Waals surface area contributed by atoms with Crippen LogP contribution in [0.25, 0.3) is 28.1 Å². The lowest BCUT2D eigenvalue weighted by Gasteiger charge is -2.17. The Labute approximate surface area is 177 Å². The number of hydrogen-bond acceptors (Lipinski definition) is 1. The zero-order valence-electron chi connectivity index (χ0n) is 15.4. The highest BCUT2D eigenvalue weighted by atomic mass is 79.9. The van der Waals surface area contributed by atoms with Gasteiger partial charge in [0.05, 0.1) is 17.1 Å². The lowest BCUT2D eigenvalue weighted by Crippen LogP contribution is -2.03. The van der Waals surface area contributed by atoms with Gasteiger partial charge in [-0.05, 0) is 60.7 Å². The van der Waals surface area contributed by atoms with Crippen molar-refractivity contribution in [1.82, 2.24) is 9.78 Å². The Morgan fingerprint density at radius 2 is 1.82 bits per heavy atom. The summed E-state index contributed by atoms with van der Waals surface area (Å²) in [7, 11) is 0. The van der Waals surface area contributed by atoms with Crippen LogP contribution >= 0.6 is 27.5 Å². The molecule has 4 aromatic rings. The van der Waals surface area contributed by atoms with E-state index < -0.39 is 0 Å². The number of nitrogens with zero attached hydrogens (tertiary/aromatic N) is 2. The lowest BCUT2D eigenvalue weighted by molar-refractivity contribution is 0.817. The third-order valence-electron chi connectivity index (χ3n) is 5.37. The number of aromatic nitrogens is 2. The first-order valence-corrected chi connectivity index (χ1v) is 10.5. The number of aryl methyl sites for hydroxylation is 3. The van der Waals surface area contributed by atoms with E-state index in [1.165, 1.54) is 16.7 Å². The van der Waals surface area contributed by atoms with Gasteiger partial charge < -0.3 is 0 Å². The maximum absolute atomic E-state index is 6.45. The quantitative estimate of drug-likeness (QED) is 0.321. The Balaban J connectivity index is 1.84. The lowest BCUT2D eigenvalue weighted by atomic mass is 9.87. The molecule has 5 rings (SSSR count).